The summed E-state index contributed by atoms with van der Waals surface area (Å²) in [6, 6.07) is 16.7. The number of hydrogen-bond donors (Lipinski definition) is 1. The molecule has 0 radical (unpaired) electrons. The molecular weight excluding hydrogens is 468 g/mol. The maximum atomic E-state index is 13.9. The van der Waals surface area contributed by atoms with Gasteiger partial charge in [0.05, 0.1) is 12.6 Å². The third kappa shape index (κ3) is 6.58. The molecular formula is C30H40N2O5. The van der Waals surface area contributed by atoms with E-state index in [1.54, 1.807) is 32.8 Å². The van der Waals surface area contributed by atoms with E-state index in [2.05, 4.69) is 17.4 Å². The van der Waals surface area contributed by atoms with Crippen molar-refractivity contribution < 1.29 is 23.9 Å². The van der Waals surface area contributed by atoms with E-state index >= 15 is 0 Å². The lowest BCUT2D eigenvalue weighted by Crippen LogP contribution is -2.55. The second-order valence-electron chi connectivity index (χ2n) is 10.9. The highest BCUT2D eigenvalue weighted by Gasteiger charge is 2.50. The van der Waals surface area contributed by atoms with Gasteiger partial charge in [0, 0.05) is 13.5 Å². The molecule has 0 aromatic heterocycles. The molecule has 2 aromatic carbocycles. The Morgan fingerprint density at radius 2 is 1.65 bits per heavy atom. The number of benzene rings is 2. The number of carbonyl (C=O) groups excluding carboxylic acids is 3. The first-order chi connectivity index (χ1) is 17.4. The number of alkyl carbamates (subject to hydrolysis) is 1. The monoisotopic (exact) mass is 508 g/mol. The van der Waals surface area contributed by atoms with Crippen LogP contribution in [-0.4, -0.2) is 54.0 Å². The van der Waals surface area contributed by atoms with Gasteiger partial charge in [0.2, 0.25) is 5.91 Å². The molecule has 37 heavy (non-hydrogen) atoms. The van der Waals surface area contributed by atoms with Crippen molar-refractivity contribution in [3.05, 3.63) is 60.2 Å². The first-order valence-electron chi connectivity index (χ1n) is 12.9. The Hall–Kier alpha value is -3.19. The van der Waals surface area contributed by atoms with Gasteiger partial charge in [-0.2, -0.15) is 0 Å². The highest BCUT2D eigenvalue weighted by Crippen LogP contribution is 2.40. The topological polar surface area (TPSA) is 84.9 Å². The minimum atomic E-state index is -0.840. The molecule has 1 N–H and O–H groups in total. The fraction of sp³-hybridized carbons (Fsp3) is 0.500. The molecule has 200 valence electrons. The highest BCUT2D eigenvalue weighted by molar-refractivity contribution is 5.92. The maximum absolute atomic E-state index is 13.9. The second kappa shape index (κ2) is 11.5. The summed E-state index contributed by atoms with van der Waals surface area (Å²) in [7, 11) is 1.61. The second-order valence-corrected chi connectivity index (χ2v) is 10.9. The summed E-state index contributed by atoms with van der Waals surface area (Å²) in [4.78, 5) is 40.8. The Bertz CT molecular complexity index is 1090. The number of methoxy groups -OCH3 is 1. The summed E-state index contributed by atoms with van der Waals surface area (Å²) in [5.41, 5.74) is 1.54. The maximum Gasteiger partial charge on any atom is 0.408 e. The normalized spacial score (nSPS) is 21.3. The van der Waals surface area contributed by atoms with Crippen molar-refractivity contribution in [1.29, 1.82) is 0 Å². The number of carbonyl (C=O) groups is 3. The number of nitrogens with one attached hydrogen (secondary N) is 1. The standard InChI is InChI=1S/C30H40N2O5/c1-8-20(2)26(31-28(35)37-29(4,5)6)27(34)32-19-30(36-7,18-25(32)21(3)33)24-16-14-23(15-17-24)22-12-10-9-11-13-22/h9-17,20,25-26H,8,18-19H2,1-7H3,(H,31,35)/t20?,25-,26-,30-/m0/s1. The molecule has 0 saturated carbocycles. The van der Waals surface area contributed by atoms with Crippen LogP contribution in [0.25, 0.3) is 11.1 Å². The van der Waals surface area contributed by atoms with Gasteiger partial charge in [0.25, 0.3) is 0 Å². The molecule has 0 aliphatic carbocycles. The largest absolute Gasteiger partial charge is 0.444 e. The first-order valence-corrected chi connectivity index (χ1v) is 12.9. The predicted octanol–water partition coefficient (Wildman–Crippen LogP) is 5.32. The number of ketones is 1. The Balaban J connectivity index is 1.90. The zero-order valence-electron chi connectivity index (χ0n) is 23.0. The van der Waals surface area contributed by atoms with Crippen LogP contribution >= 0.6 is 0 Å². The van der Waals surface area contributed by atoms with E-state index in [1.807, 2.05) is 56.3 Å². The van der Waals surface area contributed by atoms with Crippen LogP contribution in [0.3, 0.4) is 0 Å². The molecule has 1 aliphatic rings. The van der Waals surface area contributed by atoms with Gasteiger partial charge in [-0.3, -0.25) is 9.59 Å². The molecule has 1 aliphatic heterocycles. The fourth-order valence-electron chi connectivity index (χ4n) is 4.84. The average Bonchev–Trinajstić information content (AvgIpc) is 3.28. The Morgan fingerprint density at radius 3 is 2.16 bits per heavy atom. The summed E-state index contributed by atoms with van der Waals surface area (Å²) < 4.78 is 11.5. The number of amides is 2. The number of nitrogens with zero attached hydrogens (tertiary/aromatic N) is 1. The van der Waals surface area contributed by atoms with Crippen molar-refractivity contribution in [1.82, 2.24) is 10.2 Å². The molecule has 4 atom stereocenters. The van der Waals surface area contributed by atoms with Gasteiger partial charge >= 0.3 is 6.09 Å². The van der Waals surface area contributed by atoms with Crippen LogP contribution in [0.15, 0.2) is 54.6 Å². The van der Waals surface area contributed by atoms with E-state index in [0.717, 1.165) is 16.7 Å². The summed E-state index contributed by atoms with van der Waals surface area (Å²) in [5.74, 6) is -0.580. The first kappa shape index (κ1) is 28.4. The molecule has 1 saturated heterocycles. The smallest absolute Gasteiger partial charge is 0.408 e. The Labute approximate surface area is 220 Å². The molecule has 2 aromatic rings. The van der Waals surface area contributed by atoms with Gasteiger partial charge in [0.15, 0.2) is 5.78 Å². The minimum absolute atomic E-state index is 0.117. The molecule has 1 heterocycles. The Morgan fingerprint density at radius 1 is 1.05 bits per heavy atom. The number of rotatable bonds is 8. The van der Waals surface area contributed by atoms with Crippen molar-refractivity contribution in [2.75, 3.05) is 13.7 Å². The van der Waals surface area contributed by atoms with Gasteiger partial charge in [0.1, 0.15) is 17.2 Å². The van der Waals surface area contributed by atoms with Crippen LogP contribution in [0.5, 0.6) is 0 Å². The van der Waals surface area contributed by atoms with E-state index in [9.17, 15) is 14.4 Å². The fourth-order valence-corrected chi connectivity index (χ4v) is 4.84. The van der Waals surface area contributed by atoms with Crippen LogP contribution in [0, 0.1) is 5.92 Å². The molecule has 2 amide bonds. The number of Topliss-reactive ketones (excluding diaryl/α,β-unsaturated/α-hetero) is 1. The van der Waals surface area contributed by atoms with E-state index in [1.165, 1.54) is 6.92 Å². The van der Waals surface area contributed by atoms with Gasteiger partial charge in [-0.1, -0.05) is 74.9 Å². The van der Waals surface area contributed by atoms with Crippen LogP contribution < -0.4 is 5.32 Å². The van der Waals surface area contributed by atoms with Crippen LogP contribution in [0.4, 0.5) is 4.79 Å². The lowest BCUT2D eigenvalue weighted by Gasteiger charge is -2.32. The van der Waals surface area contributed by atoms with Gasteiger partial charge in [-0.25, -0.2) is 4.79 Å². The zero-order chi connectivity index (χ0) is 27.4. The SMILES string of the molecule is CCC(C)[C@H](NC(=O)OC(C)(C)C)C(=O)N1C[C@](OC)(c2ccc(-c3ccccc3)cc2)C[C@H]1C(C)=O. The quantitative estimate of drug-likeness (QED) is 0.521. The van der Waals surface area contributed by atoms with Crippen molar-refractivity contribution in [3.8, 4) is 11.1 Å². The van der Waals surface area contributed by atoms with Crippen molar-refractivity contribution in [3.63, 3.8) is 0 Å². The summed E-state index contributed by atoms with van der Waals surface area (Å²) >= 11 is 0. The molecule has 1 unspecified atom stereocenters. The van der Waals surface area contributed by atoms with Crippen LogP contribution in [0.2, 0.25) is 0 Å². The molecule has 7 heteroatoms. The number of ether oxygens (including phenoxy) is 2. The van der Waals surface area contributed by atoms with Gasteiger partial charge in [-0.15, -0.1) is 0 Å². The zero-order valence-corrected chi connectivity index (χ0v) is 23.0. The van der Waals surface area contributed by atoms with E-state index < -0.39 is 29.4 Å². The predicted molar refractivity (Wildman–Crippen MR) is 144 cm³/mol. The molecule has 3 rings (SSSR count). The third-order valence-electron chi connectivity index (χ3n) is 7.14. The summed E-state index contributed by atoms with van der Waals surface area (Å²) in [6.07, 6.45) is 0.356. The number of hydrogen-bond acceptors (Lipinski definition) is 5. The van der Waals surface area contributed by atoms with Crippen LogP contribution in [-0.2, 0) is 24.7 Å². The Kier molecular flexibility index (Phi) is 8.80. The molecule has 1 fully saturated rings. The molecule has 0 spiro atoms. The summed E-state index contributed by atoms with van der Waals surface area (Å²) in [5, 5.41) is 2.77. The van der Waals surface area contributed by atoms with E-state index in [0.29, 0.717) is 12.8 Å². The van der Waals surface area contributed by atoms with Gasteiger partial charge in [-0.05, 0) is 50.3 Å². The third-order valence-corrected chi connectivity index (χ3v) is 7.14. The minimum Gasteiger partial charge on any atom is -0.444 e. The van der Waals surface area contributed by atoms with Crippen molar-refractivity contribution >= 4 is 17.8 Å². The molecule has 7 nitrogen and oxygen atoms in total. The highest BCUT2D eigenvalue weighted by atomic mass is 16.6. The lowest BCUT2D eigenvalue weighted by atomic mass is 9.89. The van der Waals surface area contributed by atoms with E-state index in [-0.39, 0.29) is 24.2 Å². The number of likely N-dealkylation sites (tertiary alicyclic amines) is 1. The average molecular weight is 509 g/mol. The lowest BCUT2D eigenvalue weighted by molar-refractivity contribution is -0.140. The van der Waals surface area contributed by atoms with Crippen LogP contribution in [0.1, 0.15) is 59.9 Å². The van der Waals surface area contributed by atoms with E-state index in [4.69, 9.17) is 9.47 Å². The molecule has 0 bridgehead atoms. The van der Waals surface area contributed by atoms with Gasteiger partial charge < -0.3 is 19.7 Å². The summed E-state index contributed by atoms with van der Waals surface area (Å²) in [6.45, 7) is 10.9. The van der Waals surface area contributed by atoms with Crippen molar-refractivity contribution in [2.45, 2.75) is 77.7 Å². The van der Waals surface area contributed by atoms with Crippen molar-refractivity contribution in [2.24, 2.45) is 5.92 Å².